The zero-order chi connectivity index (χ0) is 11.6. The van der Waals surface area contributed by atoms with Crippen molar-refractivity contribution in [3.8, 4) is 5.75 Å². The molecule has 0 amide bonds. The maximum atomic E-state index is 9.71. The Morgan fingerprint density at radius 1 is 1.20 bits per heavy atom. The van der Waals surface area contributed by atoms with Crippen LogP contribution in [0.1, 0.15) is 11.7 Å². The first kappa shape index (κ1) is 13.3. The lowest BCUT2D eigenvalue weighted by molar-refractivity contribution is 0.0336. The van der Waals surface area contributed by atoms with Gasteiger partial charge < -0.3 is 15.3 Å². The van der Waals surface area contributed by atoms with E-state index in [1.807, 2.05) is 0 Å². The molecule has 0 bridgehead atoms. The highest BCUT2D eigenvalue weighted by Gasteiger charge is 2.19. The van der Waals surface area contributed by atoms with Crippen LogP contribution in [0, 0.1) is 0 Å². The monoisotopic (exact) mass is 356 g/mol. The molecule has 0 fully saturated rings. The van der Waals surface area contributed by atoms with Crippen molar-refractivity contribution in [3.05, 3.63) is 26.6 Å². The summed E-state index contributed by atoms with van der Waals surface area (Å²) < 4.78 is 0.912. The third-order valence-electron chi connectivity index (χ3n) is 1.93. The van der Waals surface area contributed by atoms with Crippen LogP contribution in [0.15, 0.2) is 21.1 Å². The highest BCUT2D eigenvalue weighted by molar-refractivity contribution is 9.11. The summed E-state index contributed by atoms with van der Waals surface area (Å²) in [6.07, 6.45) is -1.95. The molecule has 0 saturated carbocycles. The predicted octanol–water partition coefficient (Wildman–Crippen LogP) is 2.24. The van der Waals surface area contributed by atoms with Crippen molar-refractivity contribution in [1.29, 1.82) is 0 Å². The highest BCUT2D eigenvalue weighted by atomic mass is 79.9. The van der Waals surface area contributed by atoms with Gasteiger partial charge in [0.25, 0.3) is 0 Å². The lowest BCUT2D eigenvalue weighted by Crippen LogP contribution is -2.19. The van der Waals surface area contributed by atoms with Crippen LogP contribution in [-0.2, 0) is 0 Å². The number of phenolic OH excluding ortho intramolecular Hbond substituents is 1. The van der Waals surface area contributed by atoms with Crippen LogP contribution in [0.3, 0.4) is 0 Å². The Bertz CT molecular complexity index is 336. The van der Waals surface area contributed by atoms with Crippen molar-refractivity contribution in [1.82, 2.24) is 0 Å². The Hall–Kier alpha value is 0.250. The number of benzene rings is 1. The van der Waals surface area contributed by atoms with Crippen molar-refractivity contribution < 1.29 is 15.3 Å². The molecule has 0 aliphatic carbocycles. The van der Waals surface area contributed by atoms with Crippen LogP contribution < -0.4 is 0 Å². The molecule has 0 aromatic heterocycles. The molecule has 1 aromatic carbocycles. The summed E-state index contributed by atoms with van der Waals surface area (Å²) in [4.78, 5) is 0. The summed E-state index contributed by atoms with van der Waals surface area (Å²) >= 11 is 10.2. The predicted molar refractivity (Wildman–Crippen MR) is 68.3 cm³/mol. The third kappa shape index (κ3) is 3.10. The average Bonchev–Trinajstić information content (AvgIpc) is 2.23. The molecule has 84 valence electrons. The van der Waals surface area contributed by atoms with Gasteiger partial charge in [-0.15, -0.1) is 0 Å². The molecular formula is C9H10Br2O3S. The quantitative estimate of drug-likeness (QED) is 0.627. The zero-order valence-electron chi connectivity index (χ0n) is 7.56. The molecule has 1 aromatic rings. The van der Waals surface area contributed by atoms with E-state index in [0.717, 1.165) is 0 Å². The van der Waals surface area contributed by atoms with Gasteiger partial charge in [0.1, 0.15) is 11.9 Å². The summed E-state index contributed by atoms with van der Waals surface area (Å²) in [6, 6.07) is 3.11. The normalized spacial score (nSPS) is 15.0. The van der Waals surface area contributed by atoms with Crippen LogP contribution in [0.25, 0.3) is 0 Å². The summed E-state index contributed by atoms with van der Waals surface area (Å²) in [7, 11) is 0. The van der Waals surface area contributed by atoms with Crippen molar-refractivity contribution >= 4 is 44.5 Å². The molecule has 0 spiro atoms. The van der Waals surface area contributed by atoms with Crippen molar-refractivity contribution in [3.63, 3.8) is 0 Å². The SMILES string of the molecule is Oc1c(Br)cc(C(O)C(O)CS)cc1Br. The highest BCUT2D eigenvalue weighted by Crippen LogP contribution is 2.35. The number of hydrogen-bond donors (Lipinski definition) is 4. The van der Waals surface area contributed by atoms with Gasteiger partial charge in [-0.05, 0) is 49.6 Å². The maximum absolute atomic E-state index is 9.71. The molecule has 0 aliphatic heterocycles. The van der Waals surface area contributed by atoms with Crippen molar-refractivity contribution in [2.75, 3.05) is 5.75 Å². The van der Waals surface area contributed by atoms with Gasteiger partial charge in [-0.25, -0.2) is 0 Å². The van der Waals surface area contributed by atoms with E-state index < -0.39 is 12.2 Å². The minimum Gasteiger partial charge on any atom is -0.506 e. The molecule has 3 nitrogen and oxygen atoms in total. The van der Waals surface area contributed by atoms with Gasteiger partial charge in [0.05, 0.1) is 15.0 Å². The van der Waals surface area contributed by atoms with Gasteiger partial charge >= 0.3 is 0 Å². The molecule has 0 aliphatic rings. The number of aliphatic hydroxyl groups excluding tert-OH is 2. The second-order valence-corrected chi connectivity index (χ2v) is 5.10. The number of hydrogen-bond acceptors (Lipinski definition) is 4. The average molecular weight is 358 g/mol. The van der Waals surface area contributed by atoms with E-state index in [0.29, 0.717) is 14.5 Å². The molecule has 0 heterocycles. The first-order valence-electron chi connectivity index (χ1n) is 4.12. The molecule has 1 rings (SSSR count). The number of rotatable bonds is 3. The summed E-state index contributed by atoms with van der Waals surface area (Å²) in [5.41, 5.74) is 0.508. The first-order chi connectivity index (χ1) is 6.97. The Morgan fingerprint density at radius 3 is 2.07 bits per heavy atom. The Kier molecular flexibility index (Phi) is 4.92. The largest absolute Gasteiger partial charge is 0.506 e. The number of phenols is 1. The van der Waals surface area contributed by atoms with E-state index in [1.165, 1.54) is 0 Å². The van der Waals surface area contributed by atoms with E-state index in [-0.39, 0.29) is 11.5 Å². The molecule has 2 unspecified atom stereocenters. The summed E-state index contributed by atoms with van der Waals surface area (Å²) in [5, 5.41) is 28.6. The molecular weight excluding hydrogens is 348 g/mol. The van der Waals surface area contributed by atoms with Gasteiger partial charge in [-0.1, -0.05) is 0 Å². The van der Waals surface area contributed by atoms with E-state index in [9.17, 15) is 15.3 Å². The van der Waals surface area contributed by atoms with Gasteiger partial charge in [-0.2, -0.15) is 12.6 Å². The van der Waals surface area contributed by atoms with Crippen LogP contribution in [0.4, 0.5) is 0 Å². The smallest absolute Gasteiger partial charge is 0.143 e. The fourth-order valence-corrected chi connectivity index (χ4v) is 2.50. The second kappa shape index (κ2) is 5.54. The maximum Gasteiger partial charge on any atom is 0.143 e. The molecule has 15 heavy (non-hydrogen) atoms. The lowest BCUT2D eigenvalue weighted by Gasteiger charge is -2.17. The van der Waals surface area contributed by atoms with Gasteiger partial charge in [0, 0.05) is 5.75 Å². The van der Waals surface area contributed by atoms with Crippen molar-refractivity contribution in [2.45, 2.75) is 12.2 Å². The number of aromatic hydroxyl groups is 1. The van der Waals surface area contributed by atoms with E-state index in [4.69, 9.17) is 0 Å². The number of thiol groups is 1. The molecule has 0 saturated heterocycles. The van der Waals surface area contributed by atoms with Gasteiger partial charge in [0.2, 0.25) is 0 Å². The fraction of sp³-hybridized carbons (Fsp3) is 0.333. The van der Waals surface area contributed by atoms with E-state index >= 15 is 0 Å². The fourth-order valence-electron chi connectivity index (χ4n) is 1.08. The van der Waals surface area contributed by atoms with Crippen LogP contribution >= 0.6 is 44.5 Å². The zero-order valence-corrected chi connectivity index (χ0v) is 11.6. The second-order valence-electron chi connectivity index (χ2n) is 3.03. The lowest BCUT2D eigenvalue weighted by atomic mass is 10.1. The standard InChI is InChI=1S/C9H10Br2O3S/c10-5-1-4(2-6(11)9(5)14)8(13)7(12)3-15/h1-2,7-8,12-15H,3H2. The van der Waals surface area contributed by atoms with Crippen molar-refractivity contribution in [2.24, 2.45) is 0 Å². The van der Waals surface area contributed by atoms with Crippen LogP contribution in [-0.4, -0.2) is 27.2 Å². The van der Waals surface area contributed by atoms with Crippen LogP contribution in [0.5, 0.6) is 5.75 Å². The summed E-state index contributed by atoms with van der Waals surface area (Å²) in [6.45, 7) is 0. The van der Waals surface area contributed by atoms with E-state index in [1.54, 1.807) is 12.1 Å². The number of aliphatic hydroxyl groups is 2. The Morgan fingerprint density at radius 2 is 1.67 bits per heavy atom. The Balaban J connectivity index is 3.06. The van der Waals surface area contributed by atoms with E-state index in [2.05, 4.69) is 44.5 Å². The molecule has 6 heteroatoms. The van der Waals surface area contributed by atoms with Gasteiger partial charge in [-0.3, -0.25) is 0 Å². The first-order valence-corrected chi connectivity index (χ1v) is 6.34. The minimum absolute atomic E-state index is 0.0614. The molecule has 0 radical (unpaired) electrons. The minimum atomic E-state index is -1.02. The third-order valence-corrected chi connectivity index (χ3v) is 3.52. The van der Waals surface area contributed by atoms with Crippen LogP contribution in [0.2, 0.25) is 0 Å². The topological polar surface area (TPSA) is 60.7 Å². The van der Waals surface area contributed by atoms with Gasteiger partial charge in [0.15, 0.2) is 0 Å². The molecule has 3 N–H and O–H groups in total. The number of halogens is 2. The molecule has 2 atom stereocenters. The summed E-state index contributed by atoms with van der Waals surface area (Å²) in [5.74, 6) is 0.225. The Labute approximate surface area is 110 Å².